The molecule has 0 fully saturated rings. The standard InChI is InChI=1S/C4H7NO3S/c5-2(4(8)9)1-3(6)7/h2H,1,5H2,(H,6,7)(H,8,9)/t2-/m0/s1. The normalized spacial score (nSPS) is 12.7. The summed E-state index contributed by atoms with van der Waals surface area (Å²) in [6, 6.07) is -0.981. The van der Waals surface area contributed by atoms with Gasteiger partial charge in [0.15, 0.2) is 0 Å². The fourth-order valence-electron chi connectivity index (χ4n) is 0.275. The molecule has 0 saturated carbocycles. The smallest absolute Gasteiger partial charge is 0.305 e. The number of nitrogens with two attached hydrogens (primary N) is 1. The van der Waals surface area contributed by atoms with Crippen LogP contribution in [0.2, 0.25) is 0 Å². The SMILES string of the molecule is N[C@@H](CC(=O)O)C(=O)S. The first kappa shape index (κ1) is 8.45. The van der Waals surface area contributed by atoms with E-state index in [0.29, 0.717) is 0 Å². The van der Waals surface area contributed by atoms with Crippen LogP contribution in [0.4, 0.5) is 0 Å². The monoisotopic (exact) mass is 149 g/mol. The molecule has 9 heavy (non-hydrogen) atoms. The Morgan fingerprint density at radius 2 is 2.11 bits per heavy atom. The first-order valence-electron chi connectivity index (χ1n) is 2.24. The highest BCUT2D eigenvalue weighted by molar-refractivity contribution is 7.96. The van der Waals surface area contributed by atoms with Crippen molar-refractivity contribution in [1.29, 1.82) is 0 Å². The molecule has 0 aromatic heterocycles. The van der Waals surface area contributed by atoms with Gasteiger partial charge in [0.1, 0.15) is 0 Å². The number of carbonyl (C=O) groups excluding carboxylic acids is 1. The Kier molecular flexibility index (Phi) is 3.26. The first-order valence-corrected chi connectivity index (χ1v) is 2.69. The Morgan fingerprint density at radius 3 is 2.22 bits per heavy atom. The van der Waals surface area contributed by atoms with Crippen molar-refractivity contribution in [1.82, 2.24) is 0 Å². The topological polar surface area (TPSA) is 80.4 Å². The molecular formula is C4H7NO3S. The summed E-state index contributed by atoms with van der Waals surface area (Å²) in [7, 11) is 0. The largest absolute Gasteiger partial charge is 0.481 e. The van der Waals surface area contributed by atoms with Crippen LogP contribution in [0.25, 0.3) is 0 Å². The summed E-state index contributed by atoms with van der Waals surface area (Å²) < 4.78 is 0. The van der Waals surface area contributed by atoms with Gasteiger partial charge in [0.25, 0.3) is 0 Å². The van der Waals surface area contributed by atoms with Gasteiger partial charge in [-0.3, -0.25) is 9.59 Å². The third kappa shape index (κ3) is 3.99. The van der Waals surface area contributed by atoms with Crippen molar-refractivity contribution in [2.45, 2.75) is 12.5 Å². The van der Waals surface area contributed by atoms with Crippen molar-refractivity contribution >= 4 is 23.7 Å². The van der Waals surface area contributed by atoms with Crippen LogP contribution in [0.5, 0.6) is 0 Å². The van der Waals surface area contributed by atoms with Crippen LogP contribution < -0.4 is 5.73 Å². The summed E-state index contributed by atoms with van der Waals surface area (Å²) in [6.07, 6.45) is -0.359. The highest BCUT2D eigenvalue weighted by atomic mass is 32.1. The quantitative estimate of drug-likeness (QED) is 0.461. The number of hydrogen-bond donors (Lipinski definition) is 3. The lowest BCUT2D eigenvalue weighted by Crippen LogP contribution is -2.29. The molecule has 0 aliphatic carbocycles. The Balaban J connectivity index is 3.63. The molecule has 0 aromatic rings. The van der Waals surface area contributed by atoms with E-state index in [9.17, 15) is 9.59 Å². The molecule has 0 radical (unpaired) electrons. The molecule has 5 heteroatoms. The van der Waals surface area contributed by atoms with Gasteiger partial charge in [0.2, 0.25) is 5.12 Å². The predicted octanol–water partition coefficient (Wildman–Crippen LogP) is -0.755. The number of hydrogen-bond acceptors (Lipinski definition) is 3. The maximum atomic E-state index is 10.2. The Labute approximate surface area is 57.4 Å². The van der Waals surface area contributed by atoms with E-state index < -0.39 is 17.1 Å². The van der Waals surface area contributed by atoms with E-state index >= 15 is 0 Å². The maximum absolute atomic E-state index is 10.2. The van der Waals surface area contributed by atoms with Crippen LogP contribution in [-0.2, 0) is 9.59 Å². The second kappa shape index (κ2) is 3.47. The number of carboxylic acid groups (broad SMARTS) is 1. The average Bonchev–Trinajstić information content (AvgIpc) is 1.63. The molecule has 0 spiro atoms. The van der Waals surface area contributed by atoms with Crippen molar-refractivity contribution < 1.29 is 14.7 Å². The van der Waals surface area contributed by atoms with Gasteiger partial charge >= 0.3 is 5.97 Å². The highest BCUT2D eigenvalue weighted by Gasteiger charge is 2.12. The number of aliphatic carboxylic acids is 1. The fraction of sp³-hybridized carbons (Fsp3) is 0.500. The molecular weight excluding hydrogens is 142 g/mol. The van der Waals surface area contributed by atoms with Crippen LogP contribution in [-0.4, -0.2) is 22.2 Å². The molecule has 0 bridgehead atoms. The molecule has 1 atom stereocenters. The molecule has 0 heterocycles. The van der Waals surface area contributed by atoms with E-state index in [1.165, 1.54) is 0 Å². The summed E-state index contributed by atoms with van der Waals surface area (Å²) in [4.78, 5) is 20.0. The van der Waals surface area contributed by atoms with Crippen molar-refractivity contribution in [3.05, 3.63) is 0 Å². The van der Waals surface area contributed by atoms with Gasteiger partial charge in [-0.1, -0.05) is 0 Å². The van der Waals surface area contributed by atoms with Crippen molar-refractivity contribution in [3.8, 4) is 0 Å². The van der Waals surface area contributed by atoms with Crippen LogP contribution >= 0.6 is 12.6 Å². The summed E-state index contributed by atoms with van der Waals surface area (Å²) >= 11 is 3.34. The minimum absolute atomic E-state index is 0.359. The number of rotatable bonds is 3. The number of thiol groups is 1. The van der Waals surface area contributed by atoms with Gasteiger partial charge < -0.3 is 10.8 Å². The maximum Gasteiger partial charge on any atom is 0.305 e. The molecule has 0 aliphatic rings. The summed E-state index contributed by atoms with van der Waals surface area (Å²) in [5.41, 5.74) is 5.01. The van der Waals surface area contributed by atoms with Crippen molar-refractivity contribution in [2.75, 3.05) is 0 Å². The summed E-state index contributed by atoms with van der Waals surface area (Å²) in [5.74, 6) is -1.09. The lowest BCUT2D eigenvalue weighted by Gasteiger charge is -1.99. The van der Waals surface area contributed by atoms with Gasteiger partial charge in [0.05, 0.1) is 12.5 Å². The minimum Gasteiger partial charge on any atom is -0.481 e. The van der Waals surface area contributed by atoms with Gasteiger partial charge in [0, 0.05) is 0 Å². The zero-order chi connectivity index (χ0) is 7.44. The highest BCUT2D eigenvalue weighted by Crippen LogP contribution is 1.92. The van der Waals surface area contributed by atoms with Crippen LogP contribution in [0, 0.1) is 0 Å². The van der Waals surface area contributed by atoms with E-state index in [1.807, 2.05) is 0 Å². The molecule has 0 saturated heterocycles. The number of carbonyl (C=O) groups is 2. The molecule has 0 unspecified atom stereocenters. The summed E-state index contributed by atoms with van der Waals surface area (Å²) in [5, 5.41) is 7.47. The van der Waals surface area contributed by atoms with E-state index in [1.54, 1.807) is 0 Å². The Bertz CT molecular complexity index is 136. The zero-order valence-corrected chi connectivity index (χ0v) is 5.47. The zero-order valence-electron chi connectivity index (χ0n) is 4.57. The summed E-state index contributed by atoms with van der Waals surface area (Å²) in [6.45, 7) is 0. The van der Waals surface area contributed by atoms with Crippen molar-refractivity contribution in [3.63, 3.8) is 0 Å². The van der Waals surface area contributed by atoms with Gasteiger partial charge in [-0.25, -0.2) is 0 Å². The average molecular weight is 149 g/mol. The molecule has 52 valence electrons. The Morgan fingerprint density at radius 1 is 1.67 bits per heavy atom. The molecule has 4 nitrogen and oxygen atoms in total. The van der Waals surface area contributed by atoms with E-state index in [-0.39, 0.29) is 6.42 Å². The second-order valence-electron chi connectivity index (χ2n) is 1.54. The first-order chi connectivity index (χ1) is 4.04. The Hall–Kier alpha value is -0.550. The van der Waals surface area contributed by atoms with E-state index in [4.69, 9.17) is 10.8 Å². The predicted molar refractivity (Wildman–Crippen MR) is 34.2 cm³/mol. The van der Waals surface area contributed by atoms with Crippen LogP contribution in [0.1, 0.15) is 6.42 Å². The van der Waals surface area contributed by atoms with Crippen LogP contribution in [0.3, 0.4) is 0 Å². The van der Waals surface area contributed by atoms with Gasteiger partial charge in [-0.2, -0.15) is 0 Å². The number of carboxylic acids is 1. The third-order valence-corrected chi connectivity index (χ3v) is 1.04. The van der Waals surface area contributed by atoms with E-state index in [0.717, 1.165) is 0 Å². The van der Waals surface area contributed by atoms with E-state index in [2.05, 4.69) is 12.6 Å². The molecule has 3 N–H and O–H groups in total. The molecule has 0 rings (SSSR count). The van der Waals surface area contributed by atoms with Crippen LogP contribution in [0.15, 0.2) is 0 Å². The molecule has 0 amide bonds. The lowest BCUT2D eigenvalue weighted by atomic mass is 10.2. The minimum atomic E-state index is -1.09. The second-order valence-corrected chi connectivity index (χ2v) is 1.98. The van der Waals surface area contributed by atoms with Gasteiger partial charge in [-0.05, 0) is 0 Å². The van der Waals surface area contributed by atoms with Crippen molar-refractivity contribution in [2.24, 2.45) is 5.73 Å². The lowest BCUT2D eigenvalue weighted by molar-refractivity contribution is -0.138. The fourth-order valence-corrected chi connectivity index (χ4v) is 0.367. The third-order valence-electron chi connectivity index (χ3n) is 0.712. The van der Waals surface area contributed by atoms with Gasteiger partial charge in [-0.15, -0.1) is 12.6 Å². The molecule has 0 aliphatic heterocycles. The molecule has 0 aromatic carbocycles.